The SMILES string of the molecule is O=C(Cc1ccc2c(c1)OCCO2)Nc1cccc(-n2cnnn2)c1. The molecule has 0 aliphatic carbocycles. The van der Waals surface area contributed by atoms with Crippen LogP contribution in [0.15, 0.2) is 48.8 Å². The number of carbonyl (C=O) groups is 1. The fourth-order valence-corrected chi connectivity index (χ4v) is 2.59. The van der Waals surface area contributed by atoms with Gasteiger partial charge in [-0.15, -0.1) is 5.10 Å². The Morgan fingerprint density at radius 1 is 1.12 bits per heavy atom. The van der Waals surface area contributed by atoms with E-state index >= 15 is 0 Å². The van der Waals surface area contributed by atoms with Gasteiger partial charge >= 0.3 is 0 Å². The Labute approximate surface area is 143 Å². The van der Waals surface area contributed by atoms with Gasteiger partial charge in [0.25, 0.3) is 0 Å². The van der Waals surface area contributed by atoms with Crippen LogP contribution in [0.3, 0.4) is 0 Å². The summed E-state index contributed by atoms with van der Waals surface area (Å²) in [5.41, 5.74) is 2.30. The Kier molecular flexibility index (Phi) is 3.99. The lowest BCUT2D eigenvalue weighted by Gasteiger charge is -2.18. The van der Waals surface area contributed by atoms with E-state index in [9.17, 15) is 4.79 Å². The third-order valence-corrected chi connectivity index (χ3v) is 3.71. The Hall–Kier alpha value is -3.42. The van der Waals surface area contributed by atoms with Crippen LogP contribution in [0.1, 0.15) is 5.56 Å². The van der Waals surface area contributed by atoms with Crippen molar-refractivity contribution in [2.45, 2.75) is 6.42 Å². The largest absolute Gasteiger partial charge is 0.486 e. The lowest BCUT2D eigenvalue weighted by Crippen LogP contribution is -2.17. The number of amides is 1. The fraction of sp³-hybridized carbons (Fsp3) is 0.176. The van der Waals surface area contributed by atoms with Crippen LogP contribution in [-0.2, 0) is 11.2 Å². The number of aromatic nitrogens is 4. The molecule has 8 heteroatoms. The minimum Gasteiger partial charge on any atom is -0.486 e. The maximum Gasteiger partial charge on any atom is 0.228 e. The molecular weight excluding hydrogens is 322 g/mol. The lowest BCUT2D eigenvalue weighted by molar-refractivity contribution is -0.115. The van der Waals surface area contributed by atoms with E-state index in [0.717, 1.165) is 11.3 Å². The number of hydrogen-bond donors (Lipinski definition) is 1. The minimum atomic E-state index is -0.120. The van der Waals surface area contributed by atoms with Crippen LogP contribution in [0.2, 0.25) is 0 Å². The van der Waals surface area contributed by atoms with Crippen molar-refractivity contribution in [3.63, 3.8) is 0 Å². The average molecular weight is 337 g/mol. The van der Waals surface area contributed by atoms with Gasteiger partial charge in [-0.05, 0) is 46.3 Å². The smallest absolute Gasteiger partial charge is 0.228 e. The first kappa shape index (κ1) is 15.1. The summed E-state index contributed by atoms with van der Waals surface area (Å²) in [4.78, 5) is 12.3. The first-order valence-electron chi connectivity index (χ1n) is 7.80. The molecule has 0 unspecified atom stereocenters. The number of benzene rings is 2. The zero-order chi connectivity index (χ0) is 17.1. The molecule has 1 N–H and O–H groups in total. The fourth-order valence-electron chi connectivity index (χ4n) is 2.59. The van der Waals surface area contributed by atoms with Crippen LogP contribution in [0, 0.1) is 0 Å². The summed E-state index contributed by atoms with van der Waals surface area (Å²) in [5.74, 6) is 1.27. The molecule has 1 aliphatic rings. The van der Waals surface area contributed by atoms with Gasteiger partial charge in [0.1, 0.15) is 19.5 Å². The third kappa shape index (κ3) is 3.42. The molecule has 1 aromatic heterocycles. The highest BCUT2D eigenvalue weighted by Crippen LogP contribution is 2.30. The van der Waals surface area contributed by atoms with Crippen molar-refractivity contribution in [1.29, 1.82) is 0 Å². The van der Waals surface area contributed by atoms with Gasteiger partial charge in [0.05, 0.1) is 12.1 Å². The van der Waals surface area contributed by atoms with Gasteiger partial charge in [-0.3, -0.25) is 4.79 Å². The van der Waals surface area contributed by atoms with E-state index in [2.05, 4.69) is 20.8 Å². The number of nitrogens with one attached hydrogen (secondary N) is 1. The maximum absolute atomic E-state index is 12.3. The zero-order valence-corrected chi connectivity index (χ0v) is 13.3. The highest BCUT2D eigenvalue weighted by atomic mass is 16.6. The number of tetrazole rings is 1. The van der Waals surface area contributed by atoms with Gasteiger partial charge in [0, 0.05) is 5.69 Å². The van der Waals surface area contributed by atoms with E-state index < -0.39 is 0 Å². The monoisotopic (exact) mass is 337 g/mol. The van der Waals surface area contributed by atoms with Crippen molar-refractivity contribution in [1.82, 2.24) is 20.2 Å². The van der Waals surface area contributed by atoms with Gasteiger partial charge in [0.2, 0.25) is 5.91 Å². The number of rotatable bonds is 4. The van der Waals surface area contributed by atoms with Gasteiger partial charge in [-0.1, -0.05) is 12.1 Å². The molecule has 126 valence electrons. The second-order valence-electron chi connectivity index (χ2n) is 5.51. The number of anilines is 1. The van der Waals surface area contributed by atoms with Gasteiger partial charge in [-0.25, -0.2) is 4.68 Å². The second kappa shape index (κ2) is 6.60. The minimum absolute atomic E-state index is 0.120. The summed E-state index contributed by atoms with van der Waals surface area (Å²) in [5, 5.41) is 13.9. The molecule has 0 bridgehead atoms. The number of hydrogen-bond acceptors (Lipinski definition) is 6. The normalized spacial score (nSPS) is 12.6. The topological polar surface area (TPSA) is 91.2 Å². The van der Waals surface area contributed by atoms with Crippen molar-refractivity contribution < 1.29 is 14.3 Å². The predicted octanol–water partition coefficient (Wildman–Crippen LogP) is 1.61. The van der Waals surface area contributed by atoms with E-state index in [0.29, 0.717) is 30.4 Å². The average Bonchev–Trinajstić information content (AvgIpc) is 3.16. The Balaban J connectivity index is 1.45. The maximum atomic E-state index is 12.3. The molecule has 8 nitrogen and oxygen atoms in total. The molecule has 3 aromatic rings. The summed E-state index contributed by atoms with van der Waals surface area (Å²) in [6, 6.07) is 12.8. The van der Waals surface area contributed by atoms with Crippen LogP contribution in [0.4, 0.5) is 5.69 Å². The molecule has 2 aromatic carbocycles. The van der Waals surface area contributed by atoms with Gasteiger partial charge < -0.3 is 14.8 Å². The van der Waals surface area contributed by atoms with Crippen molar-refractivity contribution in [2.24, 2.45) is 0 Å². The third-order valence-electron chi connectivity index (χ3n) is 3.71. The molecule has 0 fully saturated rings. The Morgan fingerprint density at radius 2 is 2.00 bits per heavy atom. The quantitative estimate of drug-likeness (QED) is 0.778. The molecule has 0 saturated heterocycles. The molecule has 4 rings (SSSR count). The van der Waals surface area contributed by atoms with E-state index in [1.165, 1.54) is 11.0 Å². The summed E-state index contributed by atoms with van der Waals surface area (Å²) < 4.78 is 12.6. The second-order valence-corrected chi connectivity index (χ2v) is 5.51. The summed E-state index contributed by atoms with van der Waals surface area (Å²) >= 11 is 0. The molecule has 0 spiro atoms. The summed E-state index contributed by atoms with van der Waals surface area (Å²) in [7, 11) is 0. The molecule has 1 amide bonds. The van der Waals surface area contributed by atoms with E-state index in [1.54, 1.807) is 6.07 Å². The molecule has 1 aliphatic heterocycles. The molecule has 25 heavy (non-hydrogen) atoms. The van der Waals surface area contributed by atoms with Crippen LogP contribution < -0.4 is 14.8 Å². The van der Waals surface area contributed by atoms with Crippen molar-refractivity contribution >= 4 is 11.6 Å². The zero-order valence-electron chi connectivity index (χ0n) is 13.3. The van der Waals surface area contributed by atoms with E-state index in [1.807, 2.05) is 36.4 Å². The highest BCUT2D eigenvalue weighted by Gasteiger charge is 2.13. The number of carbonyl (C=O) groups excluding carboxylic acids is 1. The van der Waals surface area contributed by atoms with Crippen molar-refractivity contribution in [2.75, 3.05) is 18.5 Å². The Morgan fingerprint density at radius 3 is 2.84 bits per heavy atom. The van der Waals surface area contributed by atoms with E-state index in [4.69, 9.17) is 9.47 Å². The summed E-state index contributed by atoms with van der Waals surface area (Å²) in [6.07, 6.45) is 1.74. The van der Waals surface area contributed by atoms with Gasteiger partial charge in [-0.2, -0.15) is 0 Å². The standard InChI is InChI=1S/C17H15N5O3/c23-17(9-12-4-5-15-16(8-12)25-7-6-24-15)19-13-2-1-3-14(10-13)22-11-18-20-21-22/h1-5,8,10-11H,6-7,9H2,(H,19,23). The first-order valence-corrected chi connectivity index (χ1v) is 7.80. The van der Waals surface area contributed by atoms with E-state index in [-0.39, 0.29) is 12.3 Å². The predicted molar refractivity (Wildman–Crippen MR) is 88.9 cm³/mol. The number of ether oxygens (including phenoxy) is 2. The van der Waals surface area contributed by atoms with Crippen LogP contribution in [-0.4, -0.2) is 39.3 Å². The van der Waals surface area contributed by atoms with Crippen molar-refractivity contribution in [3.8, 4) is 17.2 Å². The molecule has 0 radical (unpaired) electrons. The van der Waals surface area contributed by atoms with Crippen LogP contribution in [0.5, 0.6) is 11.5 Å². The molecule has 2 heterocycles. The van der Waals surface area contributed by atoms with Crippen LogP contribution in [0.25, 0.3) is 5.69 Å². The summed E-state index contributed by atoms with van der Waals surface area (Å²) in [6.45, 7) is 1.07. The molecule has 0 saturated carbocycles. The van der Waals surface area contributed by atoms with Crippen LogP contribution >= 0.6 is 0 Å². The molecular formula is C17H15N5O3. The van der Waals surface area contributed by atoms with Crippen molar-refractivity contribution in [3.05, 3.63) is 54.4 Å². The highest BCUT2D eigenvalue weighted by molar-refractivity contribution is 5.92. The van der Waals surface area contributed by atoms with Gasteiger partial charge in [0.15, 0.2) is 11.5 Å². The lowest BCUT2D eigenvalue weighted by atomic mass is 10.1. The molecule has 0 atom stereocenters. The Bertz CT molecular complexity index is 895. The number of nitrogens with zero attached hydrogens (tertiary/aromatic N) is 4. The number of fused-ring (bicyclic) bond motifs is 1. The first-order chi connectivity index (χ1) is 12.3.